The van der Waals surface area contributed by atoms with Crippen LogP contribution in [-0.4, -0.2) is 28.2 Å². The molecule has 0 aromatic rings. The molecule has 1 aliphatic rings. The second-order valence-corrected chi connectivity index (χ2v) is 4.34. The molecular formula is C13H20O3. The van der Waals surface area contributed by atoms with Crippen LogP contribution in [-0.2, 0) is 4.79 Å². The third kappa shape index (κ3) is 2.42. The van der Waals surface area contributed by atoms with E-state index in [0.717, 1.165) is 6.42 Å². The van der Waals surface area contributed by atoms with Gasteiger partial charge in [-0.15, -0.1) is 0 Å². The predicted molar refractivity (Wildman–Crippen MR) is 62.9 cm³/mol. The number of carbonyl (C=O) groups excluding carboxylic acids is 1. The fourth-order valence-electron chi connectivity index (χ4n) is 2.14. The van der Waals surface area contributed by atoms with Crippen LogP contribution in [0.5, 0.6) is 0 Å². The van der Waals surface area contributed by atoms with Crippen molar-refractivity contribution in [2.24, 2.45) is 5.92 Å². The summed E-state index contributed by atoms with van der Waals surface area (Å²) in [5, 5.41) is 19.8. The molecule has 2 N–H and O–H groups in total. The SMILES string of the molecule is C/C=C/CC[C@@H](O)C1=C(C)C(=O)[C@H](C)[C@H]1O. The Morgan fingerprint density at radius 3 is 2.56 bits per heavy atom. The molecule has 0 radical (unpaired) electrons. The highest BCUT2D eigenvalue weighted by Crippen LogP contribution is 2.31. The Kier molecular flexibility index (Phi) is 4.44. The number of ketones is 1. The van der Waals surface area contributed by atoms with E-state index < -0.39 is 18.1 Å². The van der Waals surface area contributed by atoms with Crippen LogP contribution in [0, 0.1) is 5.92 Å². The maximum Gasteiger partial charge on any atom is 0.164 e. The van der Waals surface area contributed by atoms with Gasteiger partial charge in [0.15, 0.2) is 5.78 Å². The number of hydrogen-bond acceptors (Lipinski definition) is 3. The maximum atomic E-state index is 11.6. The quantitative estimate of drug-likeness (QED) is 0.713. The Bertz CT molecular complexity index is 328. The number of rotatable bonds is 4. The van der Waals surface area contributed by atoms with E-state index in [9.17, 15) is 15.0 Å². The largest absolute Gasteiger partial charge is 0.389 e. The van der Waals surface area contributed by atoms with Gasteiger partial charge in [0, 0.05) is 5.92 Å². The van der Waals surface area contributed by atoms with Crippen LogP contribution >= 0.6 is 0 Å². The Morgan fingerprint density at radius 1 is 1.50 bits per heavy atom. The number of Topliss-reactive ketones (excluding diaryl/α,β-unsaturated/α-hetero) is 1. The molecule has 0 saturated carbocycles. The monoisotopic (exact) mass is 224 g/mol. The van der Waals surface area contributed by atoms with E-state index in [1.54, 1.807) is 13.8 Å². The van der Waals surface area contributed by atoms with E-state index in [-0.39, 0.29) is 5.78 Å². The second-order valence-electron chi connectivity index (χ2n) is 4.34. The number of aliphatic hydroxyl groups is 2. The molecule has 0 bridgehead atoms. The van der Waals surface area contributed by atoms with Crippen LogP contribution in [0.25, 0.3) is 0 Å². The third-order valence-corrected chi connectivity index (χ3v) is 3.21. The fourth-order valence-corrected chi connectivity index (χ4v) is 2.14. The topological polar surface area (TPSA) is 57.5 Å². The van der Waals surface area contributed by atoms with E-state index >= 15 is 0 Å². The summed E-state index contributed by atoms with van der Waals surface area (Å²) < 4.78 is 0. The van der Waals surface area contributed by atoms with Gasteiger partial charge in [0.25, 0.3) is 0 Å². The molecule has 0 saturated heterocycles. The lowest BCUT2D eigenvalue weighted by Gasteiger charge is -2.17. The van der Waals surface area contributed by atoms with E-state index in [0.29, 0.717) is 17.6 Å². The molecule has 1 aliphatic carbocycles. The van der Waals surface area contributed by atoms with Crippen molar-refractivity contribution < 1.29 is 15.0 Å². The third-order valence-electron chi connectivity index (χ3n) is 3.21. The summed E-state index contributed by atoms with van der Waals surface area (Å²) in [7, 11) is 0. The Labute approximate surface area is 96.5 Å². The first-order chi connectivity index (χ1) is 7.50. The van der Waals surface area contributed by atoms with Gasteiger partial charge in [-0.2, -0.15) is 0 Å². The lowest BCUT2D eigenvalue weighted by Crippen LogP contribution is -2.24. The van der Waals surface area contributed by atoms with Crippen molar-refractivity contribution in [2.75, 3.05) is 0 Å². The van der Waals surface area contributed by atoms with Crippen LogP contribution < -0.4 is 0 Å². The minimum atomic E-state index is -0.812. The first-order valence-electron chi connectivity index (χ1n) is 5.72. The van der Waals surface area contributed by atoms with Gasteiger partial charge in [0.2, 0.25) is 0 Å². The summed E-state index contributed by atoms with van der Waals surface area (Å²) in [6.45, 7) is 5.30. The van der Waals surface area contributed by atoms with Gasteiger partial charge in [-0.3, -0.25) is 4.79 Å². The summed E-state index contributed by atoms with van der Waals surface area (Å²) in [6.07, 6.45) is 3.67. The zero-order valence-corrected chi connectivity index (χ0v) is 10.1. The first-order valence-corrected chi connectivity index (χ1v) is 5.72. The van der Waals surface area contributed by atoms with Gasteiger partial charge in [0.05, 0.1) is 12.2 Å². The van der Waals surface area contributed by atoms with E-state index in [1.165, 1.54) is 0 Å². The Balaban J connectivity index is 2.75. The molecule has 0 amide bonds. The minimum absolute atomic E-state index is 0.0485. The van der Waals surface area contributed by atoms with Crippen molar-refractivity contribution in [2.45, 2.75) is 45.8 Å². The number of aliphatic hydroxyl groups excluding tert-OH is 2. The molecule has 0 heterocycles. The highest BCUT2D eigenvalue weighted by molar-refractivity contribution is 6.01. The maximum absolute atomic E-state index is 11.6. The summed E-state index contributed by atoms with van der Waals surface area (Å²) in [5.74, 6) is -0.459. The molecule has 0 fully saturated rings. The predicted octanol–water partition coefficient (Wildman–Crippen LogP) is 1.60. The fraction of sp³-hybridized carbons (Fsp3) is 0.615. The van der Waals surface area contributed by atoms with Gasteiger partial charge in [-0.1, -0.05) is 19.1 Å². The highest BCUT2D eigenvalue weighted by Gasteiger charge is 2.38. The molecule has 1 rings (SSSR count). The molecule has 3 nitrogen and oxygen atoms in total. The van der Waals surface area contributed by atoms with Crippen LogP contribution in [0.15, 0.2) is 23.3 Å². The van der Waals surface area contributed by atoms with Crippen LogP contribution in [0.2, 0.25) is 0 Å². The zero-order valence-electron chi connectivity index (χ0n) is 10.1. The van der Waals surface area contributed by atoms with Gasteiger partial charge < -0.3 is 10.2 Å². The smallest absolute Gasteiger partial charge is 0.164 e. The highest BCUT2D eigenvalue weighted by atomic mass is 16.3. The summed E-state index contributed by atoms with van der Waals surface area (Å²) >= 11 is 0. The molecule has 0 aromatic carbocycles. The molecule has 3 atom stereocenters. The molecular weight excluding hydrogens is 204 g/mol. The number of hydrogen-bond donors (Lipinski definition) is 2. The molecule has 0 aromatic heterocycles. The van der Waals surface area contributed by atoms with Crippen LogP contribution in [0.4, 0.5) is 0 Å². The molecule has 3 heteroatoms. The standard InChI is InChI=1S/C13H20O3/c1-4-5-6-7-10(14)11-8(2)12(15)9(3)13(11)16/h4-5,9-10,13-14,16H,6-7H2,1-3H3/b5-4+/t9-,10+,13+/m0/s1. The van der Waals surface area contributed by atoms with E-state index in [4.69, 9.17) is 0 Å². The summed E-state index contributed by atoms with van der Waals surface area (Å²) in [4.78, 5) is 11.6. The van der Waals surface area contributed by atoms with Crippen molar-refractivity contribution in [1.29, 1.82) is 0 Å². The summed E-state index contributed by atoms with van der Waals surface area (Å²) in [6, 6.07) is 0. The number of allylic oxidation sites excluding steroid dienone is 3. The minimum Gasteiger partial charge on any atom is -0.389 e. The van der Waals surface area contributed by atoms with Gasteiger partial charge in [0.1, 0.15) is 0 Å². The molecule has 90 valence electrons. The van der Waals surface area contributed by atoms with Gasteiger partial charge in [-0.25, -0.2) is 0 Å². The molecule has 0 unspecified atom stereocenters. The lowest BCUT2D eigenvalue weighted by molar-refractivity contribution is -0.119. The van der Waals surface area contributed by atoms with Crippen molar-refractivity contribution in [3.05, 3.63) is 23.3 Å². The summed E-state index contributed by atoms with van der Waals surface area (Å²) in [5.41, 5.74) is 1.05. The molecule has 0 aliphatic heterocycles. The van der Waals surface area contributed by atoms with Crippen molar-refractivity contribution in [3.63, 3.8) is 0 Å². The van der Waals surface area contributed by atoms with E-state index in [2.05, 4.69) is 0 Å². The Morgan fingerprint density at radius 2 is 2.12 bits per heavy atom. The normalized spacial score (nSPS) is 28.2. The van der Waals surface area contributed by atoms with Gasteiger partial charge >= 0.3 is 0 Å². The molecule has 0 spiro atoms. The average Bonchev–Trinajstić information content (AvgIpc) is 2.44. The Hall–Kier alpha value is -0.930. The molecule has 16 heavy (non-hydrogen) atoms. The number of carbonyl (C=O) groups is 1. The van der Waals surface area contributed by atoms with Crippen molar-refractivity contribution in [1.82, 2.24) is 0 Å². The van der Waals surface area contributed by atoms with Crippen LogP contribution in [0.1, 0.15) is 33.6 Å². The first kappa shape index (κ1) is 13.1. The lowest BCUT2D eigenvalue weighted by atomic mass is 9.97. The van der Waals surface area contributed by atoms with E-state index in [1.807, 2.05) is 19.1 Å². The zero-order chi connectivity index (χ0) is 12.3. The average molecular weight is 224 g/mol. The van der Waals surface area contributed by atoms with Crippen molar-refractivity contribution >= 4 is 5.78 Å². The second kappa shape index (κ2) is 5.41. The van der Waals surface area contributed by atoms with Gasteiger partial charge in [-0.05, 0) is 37.8 Å². The van der Waals surface area contributed by atoms with Crippen LogP contribution in [0.3, 0.4) is 0 Å². The van der Waals surface area contributed by atoms with Crippen molar-refractivity contribution in [3.8, 4) is 0 Å².